The van der Waals surface area contributed by atoms with E-state index in [4.69, 9.17) is 5.73 Å². The van der Waals surface area contributed by atoms with Gasteiger partial charge in [0.1, 0.15) is 17.0 Å². The van der Waals surface area contributed by atoms with Crippen molar-refractivity contribution in [1.82, 2.24) is 24.2 Å². The molecule has 9 heteroatoms. The van der Waals surface area contributed by atoms with Crippen LogP contribution in [-0.2, 0) is 0 Å². The minimum Gasteiger partial charge on any atom is -0.346 e. The van der Waals surface area contributed by atoms with Crippen LogP contribution in [0.4, 0.5) is 9.80 Å². The van der Waals surface area contributed by atoms with Gasteiger partial charge in [-0.05, 0) is 49.3 Å². The number of aromatic amines is 1. The van der Waals surface area contributed by atoms with E-state index in [1.54, 1.807) is 0 Å². The lowest BCUT2D eigenvalue weighted by Gasteiger charge is -2.35. The van der Waals surface area contributed by atoms with E-state index in [1.165, 1.54) is 17.9 Å². The Balaban J connectivity index is 1.47. The standard InChI is InChI=1S/C17H21N7OS/c1-10-7-13(26-23-10)22-17(25)24-6-2-3-11(8-24)14(18)15-12-4-5-19-16(12)21-9-20-15/h4-5,7,9,11,14H,2-3,6,8,18H2,1H3,(H,22,25)(H,19,20,21). The topological polar surface area (TPSA) is 113 Å². The van der Waals surface area contributed by atoms with Crippen LogP contribution in [0.2, 0.25) is 0 Å². The third kappa shape index (κ3) is 3.27. The predicted octanol–water partition coefficient (Wildman–Crippen LogP) is 2.67. The van der Waals surface area contributed by atoms with Gasteiger partial charge < -0.3 is 15.6 Å². The van der Waals surface area contributed by atoms with Crippen LogP contribution < -0.4 is 11.1 Å². The monoisotopic (exact) mass is 371 g/mol. The summed E-state index contributed by atoms with van der Waals surface area (Å²) in [5.74, 6) is 0.158. The largest absolute Gasteiger partial charge is 0.346 e. The molecule has 1 saturated heterocycles. The van der Waals surface area contributed by atoms with E-state index >= 15 is 0 Å². The van der Waals surface area contributed by atoms with Gasteiger partial charge in [-0.15, -0.1) is 0 Å². The van der Waals surface area contributed by atoms with Gasteiger partial charge in [0.25, 0.3) is 0 Å². The lowest BCUT2D eigenvalue weighted by Crippen LogP contribution is -2.45. The number of nitrogens with one attached hydrogen (secondary N) is 2. The second kappa shape index (κ2) is 7.00. The number of nitrogens with two attached hydrogens (primary N) is 1. The number of anilines is 1. The molecule has 0 radical (unpaired) electrons. The first-order valence-corrected chi connectivity index (χ1v) is 9.42. The number of nitrogens with zero attached hydrogens (tertiary/aromatic N) is 4. The van der Waals surface area contributed by atoms with E-state index in [2.05, 4.69) is 24.6 Å². The smallest absolute Gasteiger partial charge is 0.322 e. The Labute approximate surface area is 155 Å². The molecule has 0 aliphatic carbocycles. The van der Waals surface area contributed by atoms with Crippen molar-refractivity contribution in [1.29, 1.82) is 0 Å². The maximum absolute atomic E-state index is 12.6. The summed E-state index contributed by atoms with van der Waals surface area (Å²) < 4.78 is 4.19. The Bertz CT molecular complexity index is 921. The van der Waals surface area contributed by atoms with Gasteiger partial charge >= 0.3 is 6.03 Å². The Morgan fingerprint density at radius 1 is 1.50 bits per heavy atom. The number of hydrogen-bond donors (Lipinski definition) is 3. The molecule has 8 nitrogen and oxygen atoms in total. The molecule has 1 fully saturated rings. The van der Waals surface area contributed by atoms with Crippen LogP contribution in [0.5, 0.6) is 0 Å². The highest BCUT2D eigenvalue weighted by atomic mass is 32.1. The number of amides is 2. The normalized spacial score (nSPS) is 18.8. The van der Waals surface area contributed by atoms with Gasteiger partial charge in [-0.25, -0.2) is 14.8 Å². The molecule has 136 valence electrons. The van der Waals surface area contributed by atoms with E-state index in [-0.39, 0.29) is 18.0 Å². The van der Waals surface area contributed by atoms with Gasteiger partial charge in [0.15, 0.2) is 0 Å². The first kappa shape index (κ1) is 16.9. The van der Waals surface area contributed by atoms with E-state index < -0.39 is 0 Å². The molecule has 2 amide bonds. The zero-order chi connectivity index (χ0) is 18.1. The molecule has 0 saturated carbocycles. The fourth-order valence-corrected chi connectivity index (χ4v) is 4.13. The fraction of sp³-hybridized carbons (Fsp3) is 0.412. The van der Waals surface area contributed by atoms with Crippen LogP contribution in [0.25, 0.3) is 11.0 Å². The third-order valence-corrected chi connectivity index (χ3v) is 5.61. The minimum absolute atomic E-state index is 0.0972. The molecule has 26 heavy (non-hydrogen) atoms. The summed E-state index contributed by atoms with van der Waals surface area (Å²) >= 11 is 1.29. The van der Waals surface area contributed by atoms with Crippen LogP contribution in [0.3, 0.4) is 0 Å². The number of H-pyrrole nitrogens is 1. The maximum Gasteiger partial charge on any atom is 0.322 e. The van der Waals surface area contributed by atoms with Gasteiger partial charge in [0, 0.05) is 24.7 Å². The molecule has 4 heterocycles. The number of hydrogen-bond acceptors (Lipinski definition) is 6. The molecule has 2 unspecified atom stereocenters. The van der Waals surface area contributed by atoms with Crippen LogP contribution in [0, 0.1) is 12.8 Å². The van der Waals surface area contributed by atoms with Crippen molar-refractivity contribution in [2.75, 3.05) is 18.4 Å². The van der Waals surface area contributed by atoms with Crippen molar-refractivity contribution in [2.24, 2.45) is 11.7 Å². The molecule has 0 aromatic carbocycles. The lowest BCUT2D eigenvalue weighted by atomic mass is 9.88. The molecule has 1 aliphatic rings. The van der Waals surface area contributed by atoms with Crippen LogP contribution in [0.15, 0.2) is 24.7 Å². The number of carbonyl (C=O) groups is 1. The van der Waals surface area contributed by atoms with Crippen molar-refractivity contribution >= 4 is 33.6 Å². The van der Waals surface area contributed by atoms with Crippen molar-refractivity contribution in [2.45, 2.75) is 25.8 Å². The zero-order valence-corrected chi connectivity index (χ0v) is 15.3. The summed E-state index contributed by atoms with van der Waals surface area (Å²) in [5.41, 5.74) is 9.07. The number of aryl methyl sites for hydroxylation is 1. The number of carbonyl (C=O) groups excluding carboxylic acids is 1. The molecule has 1 aliphatic heterocycles. The van der Waals surface area contributed by atoms with Crippen molar-refractivity contribution < 1.29 is 4.79 Å². The number of likely N-dealkylation sites (tertiary alicyclic amines) is 1. The molecule has 0 spiro atoms. The van der Waals surface area contributed by atoms with Crippen LogP contribution in [0.1, 0.15) is 30.3 Å². The van der Waals surface area contributed by atoms with Crippen molar-refractivity contribution in [3.8, 4) is 0 Å². The number of urea groups is 1. The molecule has 4 N–H and O–H groups in total. The third-order valence-electron chi connectivity index (χ3n) is 4.81. The van der Waals surface area contributed by atoms with Gasteiger partial charge in [-0.1, -0.05) is 0 Å². The number of rotatable bonds is 3. The van der Waals surface area contributed by atoms with E-state index in [9.17, 15) is 4.79 Å². The average Bonchev–Trinajstić information content (AvgIpc) is 3.29. The molecule has 0 bridgehead atoms. The quantitative estimate of drug-likeness (QED) is 0.655. The number of fused-ring (bicyclic) bond motifs is 1. The molecule has 3 aromatic rings. The van der Waals surface area contributed by atoms with Gasteiger partial charge in [0.05, 0.1) is 17.4 Å². The summed E-state index contributed by atoms with van der Waals surface area (Å²) in [7, 11) is 0. The molecular weight excluding hydrogens is 350 g/mol. The Hall–Kier alpha value is -2.52. The Morgan fingerprint density at radius 3 is 3.19 bits per heavy atom. The second-order valence-electron chi connectivity index (χ2n) is 6.64. The maximum atomic E-state index is 12.6. The number of piperidine rings is 1. The molecule has 3 aromatic heterocycles. The van der Waals surface area contributed by atoms with E-state index in [0.717, 1.165) is 46.8 Å². The fourth-order valence-electron chi connectivity index (χ4n) is 3.48. The van der Waals surface area contributed by atoms with Gasteiger partial charge in [0.2, 0.25) is 0 Å². The Kier molecular flexibility index (Phi) is 4.56. The summed E-state index contributed by atoms with van der Waals surface area (Å²) in [6.45, 7) is 3.25. The lowest BCUT2D eigenvalue weighted by molar-refractivity contribution is 0.167. The highest BCUT2D eigenvalue weighted by Gasteiger charge is 2.30. The SMILES string of the molecule is Cc1cc(NC(=O)N2CCCC(C(N)c3ncnc4[nH]ccc34)C2)sn1. The molecule has 4 rings (SSSR count). The highest BCUT2D eigenvalue weighted by molar-refractivity contribution is 7.10. The first-order chi connectivity index (χ1) is 12.6. The summed E-state index contributed by atoms with van der Waals surface area (Å²) in [6, 6.07) is 3.49. The van der Waals surface area contributed by atoms with Crippen molar-refractivity contribution in [3.05, 3.63) is 36.0 Å². The number of aromatic nitrogens is 4. The predicted molar refractivity (Wildman–Crippen MR) is 101 cm³/mol. The molecule has 2 atom stereocenters. The van der Waals surface area contributed by atoms with Gasteiger partial charge in [-0.3, -0.25) is 5.32 Å². The highest BCUT2D eigenvalue weighted by Crippen LogP contribution is 2.30. The van der Waals surface area contributed by atoms with E-state index in [1.807, 2.05) is 30.2 Å². The van der Waals surface area contributed by atoms with Gasteiger partial charge in [-0.2, -0.15) is 4.37 Å². The zero-order valence-electron chi connectivity index (χ0n) is 14.5. The van der Waals surface area contributed by atoms with Crippen LogP contribution >= 0.6 is 11.5 Å². The summed E-state index contributed by atoms with van der Waals surface area (Å²) in [6.07, 6.45) is 5.27. The minimum atomic E-state index is -0.238. The van der Waals surface area contributed by atoms with E-state index in [0.29, 0.717) is 6.54 Å². The summed E-state index contributed by atoms with van der Waals surface area (Å²) in [4.78, 5) is 26.1. The summed E-state index contributed by atoms with van der Waals surface area (Å²) in [5, 5.41) is 4.64. The Morgan fingerprint density at radius 2 is 2.38 bits per heavy atom. The average molecular weight is 371 g/mol. The van der Waals surface area contributed by atoms with Crippen LogP contribution in [-0.4, -0.2) is 43.3 Å². The first-order valence-electron chi connectivity index (χ1n) is 8.64. The second-order valence-corrected chi connectivity index (χ2v) is 7.44. The van der Waals surface area contributed by atoms with Crippen molar-refractivity contribution in [3.63, 3.8) is 0 Å². The molecular formula is C17H21N7OS.